The summed E-state index contributed by atoms with van der Waals surface area (Å²) in [4.78, 5) is 4.36. The maximum atomic E-state index is 9.72. The van der Waals surface area contributed by atoms with E-state index in [1.807, 2.05) is 18.3 Å². The average molecular weight is 244 g/mol. The fourth-order valence-electron chi connectivity index (χ4n) is 2.35. The monoisotopic (exact) mass is 244 g/mol. The minimum atomic E-state index is 0.233. The number of aromatic hydroxyl groups is 1. The van der Waals surface area contributed by atoms with Crippen LogP contribution in [0.3, 0.4) is 0 Å². The molecule has 1 aliphatic heterocycles. The van der Waals surface area contributed by atoms with Crippen LogP contribution >= 0.6 is 0 Å². The van der Waals surface area contributed by atoms with E-state index in [0.717, 1.165) is 37.1 Å². The van der Waals surface area contributed by atoms with Crippen molar-refractivity contribution in [1.82, 2.24) is 10.3 Å². The summed E-state index contributed by atoms with van der Waals surface area (Å²) in [5.41, 5.74) is 1.81. The predicted octanol–water partition coefficient (Wildman–Crippen LogP) is 1.99. The summed E-state index contributed by atoms with van der Waals surface area (Å²) in [6, 6.07) is 7.84. The molecule has 4 nitrogen and oxygen atoms in total. The van der Waals surface area contributed by atoms with Gasteiger partial charge in [0.05, 0.1) is 6.61 Å². The lowest BCUT2D eigenvalue weighted by Crippen LogP contribution is -2.22. The number of hydrogen-bond acceptors (Lipinski definition) is 4. The molecule has 0 spiro atoms. The highest BCUT2D eigenvalue weighted by atomic mass is 16.5. The molecule has 0 amide bonds. The number of nitrogens with zero attached hydrogens (tertiary/aromatic N) is 1. The number of benzene rings is 1. The zero-order valence-electron chi connectivity index (χ0n) is 10.1. The van der Waals surface area contributed by atoms with Gasteiger partial charge in [-0.3, -0.25) is 4.98 Å². The molecule has 1 saturated heterocycles. The fraction of sp³-hybridized carbons (Fsp3) is 0.357. The van der Waals surface area contributed by atoms with Gasteiger partial charge in [0.25, 0.3) is 0 Å². The molecule has 0 radical (unpaired) electrons. The third-order valence-corrected chi connectivity index (χ3v) is 3.30. The van der Waals surface area contributed by atoms with Gasteiger partial charge in [-0.15, -0.1) is 0 Å². The van der Waals surface area contributed by atoms with Crippen molar-refractivity contribution >= 4 is 10.9 Å². The van der Waals surface area contributed by atoms with E-state index in [4.69, 9.17) is 4.74 Å². The van der Waals surface area contributed by atoms with Gasteiger partial charge in [0.2, 0.25) is 0 Å². The molecule has 1 atom stereocenters. The van der Waals surface area contributed by atoms with Gasteiger partial charge >= 0.3 is 0 Å². The SMILES string of the molecule is Oc1cccc2cc(C3CCOCCN3)cnc12. The van der Waals surface area contributed by atoms with Crippen molar-refractivity contribution in [1.29, 1.82) is 0 Å². The molecule has 2 aromatic rings. The van der Waals surface area contributed by atoms with Gasteiger partial charge in [-0.1, -0.05) is 12.1 Å². The smallest absolute Gasteiger partial charge is 0.141 e. The standard InChI is InChI=1S/C14H16N2O2/c17-13-3-1-2-10-8-11(9-16-14(10)13)12-4-6-18-7-5-15-12/h1-3,8-9,12,15,17H,4-7H2. The molecule has 3 rings (SSSR count). The van der Waals surface area contributed by atoms with Crippen molar-refractivity contribution < 1.29 is 9.84 Å². The van der Waals surface area contributed by atoms with E-state index in [9.17, 15) is 5.11 Å². The fourth-order valence-corrected chi connectivity index (χ4v) is 2.35. The minimum Gasteiger partial charge on any atom is -0.506 e. The number of ether oxygens (including phenoxy) is 1. The van der Waals surface area contributed by atoms with Gasteiger partial charge in [-0.2, -0.15) is 0 Å². The number of aromatic nitrogens is 1. The Morgan fingerprint density at radius 1 is 1.33 bits per heavy atom. The second-order valence-corrected chi connectivity index (χ2v) is 4.53. The summed E-state index contributed by atoms with van der Waals surface area (Å²) < 4.78 is 5.43. The zero-order valence-corrected chi connectivity index (χ0v) is 10.1. The van der Waals surface area contributed by atoms with Gasteiger partial charge in [0, 0.05) is 30.8 Å². The van der Waals surface area contributed by atoms with Crippen LogP contribution in [0.25, 0.3) is 10.9 Å². The minimum absolute atomic E-state index is 0.233. The van der Waals surface area contributed by atoms with E-state index in [1.54, 1.807) is 6.07 Å². The van der Waals surface area contributed by atoms with Crippen LogP contribution in [0.5, 0.6) is 5.75 Å². The Balaban J connectivity index is 1.97. The number of pyridine rings is 1. The highest BCUT2D eigenvalue weighted by Crippen LogP contribution is 2.26. The number of fused-ring (bicyclic) bond motifs is 1. The summed E-state index contributed by atoms with van der Waals surface area (Å²) in [5.74, 6) is 0.233. The molecular weight excluding hydrogens is 228 g/mol. The maximum Gasteiger partial charge on any atom is 0.141 e. The number of phenols is 1. The largest absolute Gasteiger partial charge is 0.506 e. The molecule has 18 heavy (non-hydrogen) atoms. The van der Waals surface area contributed by atoms with Crippen LogP contribution in [-0.2, 0) is 4.74 Å². The Labute approximate surface area is 106 Å². The van der Waals surface area contributed by atoms with E-state index < -0.39 is 0 Å². The lowest BCUT2D eigenvalue weighted by molar-refractivity contribution is 0.150. The number of phenolic OH excluding ortho intramolecular Hbond substituents is 1. The molecule has 2 N–H and O–H groups in total. The third kappa shape index (κ3) is 2.17. The Kier molecular flexibility index (Phi) is 3.13. The van der Waals surface area contributed by atoms with Gasteiger partial charge in [0.1, 0.15) is 11.3 Å². The summed E-state index contributed by atoms with van der Waals surface area (Å²) in [6.07, 6.45) is 2.79. The molecule has 0 saturated carbocycles. The third-order valence-electron chi connectivity index (χ3n) is 3.30. The van der Waals surface area contributed by atoms with Crippen molar-refractivity contribution in [2.45, 2.75) is 12.5 Å². The summed E-state index contributed by atoms with van der Waals surface area (Å²) >= 11 is 0. The van der Waals surface area contributed by atoms with Gasteiger partial charge in [-0.05, 0) is 24.1 Å². The summed E-state index contributed by atoms with van der Waals surface area (Å²) in [5, 5.41) is 14.1. The number of hydrogen-bond donors (Lipinski definition) is 2. The van der Waals surface area contributed by atoms with E-state index in [1.165, 1.54) is 0 Å². The zero-order chi connectivity index (χ0) is 12.4. The summed E-state index contributed by atoms with van der Waals surface area (Å²) in [6.45, 7) is 2.40. The number of para-hydroxylation sites is 1. The highest BCUT2D eigenvalue weighted by molar-refractivity contribution is 5.84. The Bertz CT molecular complexity index is 548. The second kappa shape index (κ2) is 4.92. The normalized spacial score (nSPS) is 20.8. The van der Waals surface area contributed by atoms with Crippen LogP contribution in [0.1, 0.15) is 18.0 Å². The quantitative estimate of drug-likeness (QED) is 0.805. The lowest BCUT2D eigenvalue weighted by atomic mass is 10.0. The molecule has 1 aromatic heterocycles. The molecular formula is C14H16N2O2. The van der Waals surface area contributed by atoms with Crippen molar-refractivity contribution in [2.24, 2.45) is 0 Å². The Morgan fingerprint density at radius 2 is 2.28 bits per heavy atom. The first-order valence-electron chi connectivity index (χ1n) is 6.23. The molecule has 94 valence electrons. The van der Waals surface area contributed by atoms with Crippen LogP contribution in [-0.4, -0.2) is 29.8 Å². The molecule has 0 bridgehead atoms. The first kappa shape index (κ1) is 11.4. The van der Waals surface area contributed by atoms with E-state index in [2.05, 4.69) is 16.4 Å². The van der Waals surface area contributed by atoms with Crippen LogP contribution < -0.4 is 5.32 Å². The van der Waals surface area contributed by atoms with Crippen LogP contribution in [0, 0.1) is 0 Å². The second-order valence-electron chi connectivity index (χ2n) is 4.53. The first-order valence-corrected chi connectivity index (χ1v) is 6.23. The van der Waals surface area contributed by atoms with Crippen LogP contribution in [0.4, 0.5) is 0 Å². The maximum absolute atomic E-state index is 9.72. The van der Waals surface area contributed by atoms with Gasteiger partial charge in [-0.25, -0.2) is 0 Å². The van der Waals surface area contributed by atoms with Crippen molar-refractivity contribution in [3.63, 3.8) is 0 Å². The van der Waals surface area contributed by atoms with Gasteiger partial charge < -0.3 is 15.2 Å². The topological polar surface area (TPSA) is 54.4 Å². The lowest BCUT2D eigenvalue weighted by Gasteiger charge is -2.15. The highest BCUT2D eigenvalue weighted by Gasteiger charge is 2.15. The molecule has 1 aliphatic rings. The van der Waals surface area contributed by atoms with Gasteiger partial charge in [0.15, 0.2) is 0 Å². The molecule has 4 heteroatoms. The summed E-state index contributed by atoms with van der Waals surface area (Å²) in [7, 11) is 0. The first-order chi connectivity index (χ1) is 8.84. The molecule has 1 aromatic carbocycles. The van der Waals surface area contributed by atoms with E-state index in [0.29, 0.717) is 5.52 Å². The molecule has 0 aliphatic carbocycles. The molecule has 1 unspecified atom stereocenters. The Hall–Kier alpha value is -1.65. The predicted molar refractivity (Wildman–Crippen MR) is 69.6 cm³/mol. The average Bonchev–Trinajstić information content (AvgIpc) is 2.67. The number of nitrogens with one attached hydrogen (secondary N) is 1. The molecule has 2 heterocycles. The van der Waals surface area contributed by atoms with Crippen LogP contribution in [0.15, 0.2) is 30.5 Å². The number of rotatable bonds is 1. The van der Waals surface area contributed by atoms with Crippen molar-refractivity contribution in [2.75, 3.05) is 19.8 Å². The van der Waals surface area contributed by atoms with E-state index >= 15 is 0 Å². The van der Waals surface area contributed by atoms with E-state index in [-0.39, 0.29) is 11.8 Å². The Morgan fingerprint density at radius 3 is 3.22 bits per heavy atom. The molecule has 1 fully saturated rings. The van der Waals surface area contributed by atoms with Crippen molar-refractivity contribution in [3.8, 4) is 5.75 Å². The van der Waals surface area contributed by atoms with Crippen LogP contribution in [0.2, 0.25) is 0 Å². The van der Waals surface area contributed by atoms with Crippen molar-refractivity contribution in [3.05, 3.63) is 36.0 Å².